The molecule has 1 heteroatoms. The minimum Gasteiger partial charge on any atom is -0.402 e. The molecule has 0 saturated carbocycles. The standard InChI is InChI=1S/C15H23N/c1-5-6-7-15(16)13(4)14-9-11(2)8-12(3)10-14/h8-10H,5-7,16H2,1-4H3/b15-13-. The van der Waals surface area contributed by atoms with Gasteiger partial charge in [-0.25, -0.2) is 0 Å². The maximum Gasteiger partial charge on any atom is 0.0116 e. The van der Waals surface area contributed by atoms with E-state index in [9.17, 15) is 0 Å². The minimum atomic E-state index is 1.01. The molecule has 2 N–H and O–H groups in total. The van der Waals surface area contributed by atoms with Gasteiger partial charge in [-0.2, -0.15) is 0 Å². The smallest absolute Gasteiger partial charge is 0.0116 e. The maximum atomic E-state index is 6.12. The summed E-state index contributed by atoms with van der Waals surface area (Å²) in [6.45, 7) is 8.58. The Labute approximate surface area is 99.4 Å². The molecule has 0 atom stereocenters. The van der Waals surface area contributed by atoms with Crippen LogP contribution in [-0.2, 0) is 0 Å². The third-order valence-corrected chi connectivity index (χ3v) is 2.94. The molecule has 1 aromatic rings. The molecule has 1 aromatic carbocycles. The lowest BCUT2D eigenvalue weighted by molar-refractivity contribution is 0.782. The summed E-state index contributed by atoms with van der Waals surface area (Å²) >= 11 is 0. The van der Waals surface area contributed by atoms with Gasteiger partial charge in [0.15, 0.2) is 0 Å². The molecule has 1 nitrogen and oxygen atoms in total. The van der Waals surface area contributed by atoms with Crippen molar-refractivity contribution in [2.75, 3.05) is 0 Å². The molecule has 0 heterocycles. The van der Waals surface area contributed by atoms with Gasteiger partial charge in [-0.1, -0.05) is 42.7 Å². The summed E-state index contributed by atoms with van der Waals surface area (Å²) in [5.74, 6) is 0. The van der Waals surface area contributed by atoms with Gasteiger partial charge in [-0.3, -0.25) is 0 Å². The van der Waals surface area contributed by atoms with Crippen molar-refractivity contribution in [3.63, 3.8) is 0 Å². The highest BCUT2D eigenvalue weighted by Crippen LogP contribution is 2.21. The van der Waals surface area contributed by atoms with Crippen LogP contribution in [0.15, 0.2) is 23.9 Å². The zero-order valence-electron chi connectivity index (χ0n) is 10.9. The Morgan fingerprint density at radius 3 is 2.19 bits per heavy atom. The molecule has 0 aromatic heterocycles. The lowest BCUT2D eigenvalue weighted by atomic mass is 9.99. The van der Waals surface area contributed by atoms with Crippen LogP contribution in [0.1, 0.15) is 49.8 Å². The number of hydrogen-bond donors (Lipinski definition) is 1. The molecule has 0 bridgehead atoms. The van der Waals surface area contributed by atoms with Crippen molar-refractivity contribution < 1.29 is 0 Å². The van der Waals surface area contributed by atoms with Gasteiger partial charge in [0.1, 0.15) is 0 Å². The van der Waals surface area contributed by atoms with Crippen LogP contribution in [0.4, 0.5) is 0 Å². The predicted molar refractivity (Wildman–Crippen MR) is 72.2 cm³/mol. The summed E-state index contributed by atoms with van der Waals surface area (Å²) < 4.78 is 0. The van der Waals surface area contributed by atoms with Crippen molar-refractivity contribution in [1.82, 2.24) is 0 Å². The Balaban J connectivity index is 2.98. The highest BCUT2D eigenvalue weighted by atomic mass is 14.6. The molecule has 0 spiro atoms. The van der Waals surface area contributed by atoms with Crippen LogP contribution >= 0.6 is 0 Å². The van der Waals surface area contributed by atoms with Crippen LogP contribution in [-0.4, -0.2) is 0 Å². The second kappa shape index (κ2) is 5.74. The van der Waals surface area contributed by atoms with Crippen molar-refractivity contribution in [1.29, 1.82) is 0 Å². The van der Waals surface area contributed by atoms with Gasteiger partial charge in [0.25, 0.3) is 0 Å². The number of nitrogens with two attached hydrogens (primary N) is 1. The van der Waals surface area contributed by atoms with E-state index in [-0.39, 0.29) is 0 Å². The highest BCUT2D eigenvalue weighted by Gasteiger charge is 2.02. The normalized spacial score (nSPS) is 12.5. The topological polar surface area (TPSA) is 26.0 Å². The van der Waals surface area contributed by atoms with E-state index in [1.165, 1.54) is 35.1 Å². The second-order valence-corrected chi connectivity index (χ2v) is 4.63. The third kappa shape index (κ3) is 3.41. The Morgan fingerprint density at radius 1 is 1.12 bits per heavy atom. The van der Waals surface area contributed by atoms with Crippen molar-refractivity contribution in [3.8, 4) is 0 Å². The molecular weight excluding hydrogens is 194 g/mol. The first-order valence-electron chi connectivity index (χ1n) is 6.08. The Morgan fingerprint density at radius 2 is 1.69 bits per heavy atom. The first-order valence-corrected chi connectivity index (χ1v) is 6.08. The van der Waals surface area contributed by atoms with Crippen molar-refractivity contribution in [3.05, 3.63) is 40.6 Å². The van der Waals surface area contributed by atoms with E-state index in [0.29, 0.717) is 0 Å². The number of allylic oxidation sites excluding steroid dienone is 2. The molecule has 0 fully saturated rings. The van der Waals surface area contributed by atoms with E-state index in [1.54, 1.807) is 0 Å². The van der Waals surface area contributed by atoms with E-state index < -0.39 is 0 Å². The average molecular weight is 217 g/mol. The Hall–Kier alpha value is -1.24. The molecule has 0 aliphatic heterocycles. The molecule has 0 saturated heterocycles. The fraction of sp³-hybridized carbons (Fsp3) is 0.467. The van der Waals surface area contributed by atoms with Crippen LogP contribution < -0.4 is 5.73 Å². The average Bonchev–Trinajstić information content (AvgIpc) is 2.23. The quantitative estimate of drug-likeness (QED) is 0.804. The minimum absolute atomic E-state index is 1.01. The van der Waals surface area contributed by atoms with E-state index in [2.05, 4.69) is 45.9 Å². The first kappa shape index (κ1) is 12.8. The van der Waals surface area contributed by atoms with Crippen LogP contribution in [0.3, 0.4) is 0 Å². The molecule has 0 aliphatic carbocycles. The fourth-order valence-electron chi connectivity index (χ4n) is 1.93. The largest absolute Gasteiger partial charge is 0.402 e. The molecule has 1 rings (SSSR count). The molecule has 0 aliphatic rings. The summed E-state index contributed by atoms with van der Waals surface area (Å²) in [5.41, 5.74) is 12.3. The Kier molecular flexibility index (Phi) is 4.60. The fourth-order valence-corrected chi connectivity index (χ4v) is 1.93. The van der Waals surface area contributed by atoms with Crippen molar-refractivity contribution in [2.24, 2.45) is 5.73 Å². The van der Waals surface area contributed by atoms with Gasteiger partial charge in [0.05, 0.1) is 0 Å². The van der Waals surface area contributed by atoms with Gasteiger partial charge < -0.3 is 5.73 Å². The predicted octanol–water partition coefficient (Wildman–Crippen LogP) is 4.18. The van der Waals surface area contributed by atoms with Crippen LogP contribution in [0.5, 0.6) is 0 Å². The van der Waals surface area contributed by atoms with Crippen molar-refractivity contribution in [2.45, 2.75) is 47.0 Å². The summed E-state index contributed by atoms with van der Waals surface area (Å²) in [6, 6.07) is 6.61. The number of unbranched alkanes of at least 4 members (excludes halogenated alkanes) is 1. The SMILES string of the molecule is CCCC/C(N)=C(\C)c1cc(C)cc(C)c1. The molecular formula is C15H23N. The zero-order valence-corrected chi connectivity index (χ0v) is 10.9. The zero-order chi connectivity index (χ0) is 12.1. The maximum absolute atomic E-state index is 6.12. The number of aryl methyl sites for hydroxylation is 2. The lowest BCUT2D eigenvalue weighted by Gasteiger charge is -2.09. The molecule has 16 heavy (non-hydrogen) atoms. The van der Waals surface area contributed by atoms with E-state index >= 15 is 0 Å². The summed E-state index contributed by atoms with van der Waals surface area (Å²) in [4.78, 5) is 0. The van der Waals surface area contributed by atoms with Gasteiger partial charge in [-0.15, -0.1) is 0 Å². The van der Waals surface area contributed by atoms with Crippen molar-refractivity contribution >= 4 is 5.57 Å². The number of benzene rings is 1. The van der Waals surface area contributed by atoms with Crippen LogP contribution in [0.2, 0.25) is 0 Å². The highest BCUT2D eigenvalue weighted by molar-refractivity contribution is 5.67. The van der Waals surface area contributed by atoms with Gasteiger partial charge in [0.2, 0.25) is 0 Å². The van der Waals surface area contributed by atoms with Crippen LogP contribution in [0.25, 0.3) is 5.57 Å². The van der Waals surface area contributed by atoms with E-state index in [4.69, 9.17) is 5.73 Å². The summed E-state index contributed by atoms with van der Waals surface area (Å²) in [7, 11) is 0. The molecule has 0 amide bonds. The third-order valence-electron chi connectivity index (χ3n) is 2.94. The monoisotopic (exact) mass is 217 g/mol. The molecule has 0 unspecified atom stereocenters. The first-order chi connectivity index (χ1) is 7.54. The lowest BCUT2D eigenvalue weighted by Crippen LogP contribution is -2.01. The second-order valence-electron chi connectivity index (χ2n) is 4.63. The number of rotatable bonds is 4. The van der Waals surface area contributed by atoms with E-state index in [0.717, 1.165) is 12.1 Å². The molecule has 88 valence electrons. The van der Waals surface area contributed by atoms with Gasteiger partial charge in [-0.05, 0) is 44.7 Å². The summed E-state index contributed by atoms with van der Waals surface area (Å²) in [6.07, 6.45) is 3.38. The summed E-state index contributed by atoms with van der Waals surface area (Å²) in [5, 5.41) is 0. The van der Waals surface area contributed by atoms with Gasteiger partial charge in [0, 0.05) is 5.70 Å². The van der Waals surface area contributed by atoms with Gasteiger partial charge >= 0.3 is 0 Å². The van der Waals surface area contributed by atoms with Crippen LogP contribution in [0, 0.1) is 13.8 Å². The molecule has 0 radical (unpaired) electrons. The Bertz CT molecular complexity index is 368. The van der Waals surface area contributed by atoms with E-state index in [1.807, 2.05) is 0 Å². The number of hydrogen-bond acceptors (Lipinski definition) is 1.